The minimum Gasteiger partial charge on any atom is -0.0646 e. The van der Waals surface area contributed by atoms with Gasteiger partial charge in [0.1, 0.15) is 0 Å². The van der Waals surface area contributed by atoms with E-state index in [1.807, 2.05) is 0 Å². The van der Waals surface area contributed by atoms with E-state index in [1.54, 1.807) is 0 Å². The molecule has 16 heavy (non-hydrogen) atoms. The van der Waals surface area contributed by atoms with Crippen molar-refractivity contribution >= 4 is 10.8 Å². The third-order valence-electron chi connectivity index (χ3n) is 3.66. The van der Waals surface area contributed by atoms with Crippen LogP contribution < -0.4 is 0 Å². The number of hydrogen-bond acceptors (Lipinski definition) is 0. The van der Waals surface area contributed by atoms with E-state index < -0.39 is 0 Å². The van der Waals surface area contributed by atoms with Crippen molar-refractivity contribution in [2.24, 2.45) is 0 Å². The Labute approximate surface area is 98.3 Å². The summed E-state index contributed by atoms with van der Waals surface area (Å²) in [5.74, 6) is 0. The normalized spacial score (nSPS) is 12.0. The molecule has 0 aromatic heterocycles. The molecule has 0 saturated heterocycles. The summed E-state index contributed by atoms with van der Waals surface area (Å²) < 4.78 is 0. The highest BCUT2D eigenvalue weighted by atomic mass is 14.2. The van der Waals surface area contributed by atoms with Gasteiger partial charge in [0.2, 0.25) is 0 Å². The Morgan fingerprint density at radius 2 is 1.56 bits per heavy atom. The molecule has 0 unspecified atom stereocenters. The van der Waals surface area contributed by atoms with E-state index in [4.69, 9.17) is 0 Å². The summed E-state index contributed by atoms with van der Waals surface area (Å²) in [6, 6.07) is 13.5. The molecule has 0 radical (unpaired) electrons. The second-order valence-corrected chi connectivity index (χ2v) is 5.30. The average Bonchev–Trinajstić information content (AvgIpc) is 2.28. The molecule has 0 N–H and O–H groups in total. The molecule has 0 spiro atoms. The van der Waals surface area contributed by atoms with Gasteiger partial charge in [-0.25, -0.2) is 0 Å². The van der Waals surface area contributed by atoms with Gasteiger partial charge in [-0.05, 0) is 35.1 Å². The van der Waals surface area contributed by atoms with Crippen LogP contribution >= 0.6 is 0 Å². The van der Waals surface area contributed by atoms with Crippen LogP contribution in [0.5, 0.6) is 0 Å². The highest BCUT2D eigenvalue weighted by molar-refractivity contribution is 5.84. The Balaban J connectivity index is 2.57. The van der Waals surface area contributed by atoms with Gasteiger partial charge < -0.3 is 0 Å². The Bertz CT molecular complexity index is 506. The highest BCUT2D eigenvalue weighted by Gasteiger charge is 2.17. The Hall–Kier alpha value is -1.30. The number of hydrogen-bond donors (Lipinski definition) is 0. The molecule has 0 aliphatic heterocycles. The summed E-state index contributed by atoms with van der Waals surface area (Å²) in [6.07, 6.45) is 1.17. The summed E-state index contributed by atoms with van der Waals surface area (Å²) in [5, 5.41) is 2.69. The molecule has 0 fully saturated rings. The van der Waals surface area contributed by atoms with E-state index in [1.165, 1.54) is 28.3 Å². The van der Waals surface area contributed by atoms with Crippen molar-refractivity contribution in [2.75, 3.05) is 0 Å². The van der Waals surface area contributed by atoms with Crippen molar-refractivity contribution < 1.29 is 0 Å². The fourth-order valence-electron chi connectivity index (χ4n) is 1.99. The van der Waals surface area contributed by atoms with E-state index in [-0.39, 0.29) is 5.41 Å². The first-order valence-electron chi connectivity index (χ1n) is 6.04. The van der Waals surface area contributed by atoms with Gasteiger partial charge in [-0.1, -0.05) is 62.7 Å². The quantitative estimate of drug-likeness (QED) is 0.668. The van der Waals surface area contributed by atoms with Crippen LogP contribution in [0.15, 0.2) is 36.4 Å². The molecule has 0 amide bonds. The number of benzene rings is 2. The second kappa shape index (κ2) is 3.93. The predicted molar refractivity (Wildman–Crippen MR) is 72.0 cm³/mol. The van der Waals surface area contributed by atoms with Crippen LogP contribution in [-0.4, -0.2) is 0 Å². The van der Waals surface area contributed by atoms with E-state index in [9.17, 15) is 0 Å². The van der Waals surface area contributed by atoms with Crippen molar-refractivity contribution in [3.63, 3.8) is 0 Å². The van der Waals surface area contributed by atoms with Gasteiger partial charge in [0.25, 0.3) is 0 Å². The lowest BCUT2D eigenvalue weighted by atomic mass is 9.81. The van der Waals surface area contributed by atoms with Crippen LogP contribution in [0.3, 0.4) is 0 Å². The van der Waals surface area contributed by atoms with Gasteiger partial charge in [0.05, 0.1) is 0 Å². The van der Waals surface area contributed by atoms with Crippen molar-refractivity contribution in [1.29, 1.82) is 0 Å². The molecule has 0 aliphatic carbocycles. The van der Waals surface area contributed by atoms with Gasteiger partial charge in [0.15, 0.2) is 0 Å². The van der Waals surface area contributed by atoms with Gasteiger partial charge in [-0.2, -0.15) is 0 Å². The lowest BCUT2D eigenvalue weighted by Crippen LogP contribution is -2.15. The maximum Gasteiger partial charge on any atom is -0.0106 e. The van der Waals surface area contributed by atoms with Crippen LogP contribution in [0, 0.1) is 6.92 Å². The first kappa shape index (κ1) is 11.2. The molecule has 0 nitrogen and oxygen atoms in total. The molecule has 0 heterocycles. The molecule has 0 saturated carbocycles. The van der Waals surface area contributed by atoms with Crippen LogP contribution in [0.1, 0.15) is 38.3 Å². The molecule has 0 heteroatoms. The summed E-state index contributed by atoms with van der Waals surface area (Å²) >= 11 is 0. The zero-order chi connectivity index (χ0) is 11.8. The topological polar surface area (TPSA) is 0 Å². The SMILES string of the molecule is CCC(C)(C)c1ccc2cc(C)ccc2c1. The lowest BCUT2D eigenvalue weighted by Gasteiger charge is -2.23. The summed E-state index contributed by atoms with van der Waals surface area (Å²) in [4.78, 5) is 0. The van der Waals surface area contributed by atoms with Crippen molar-refractivity contribution in [1.82, 2.24) is 0 Å². The zero-order valence-electron chi connectivity index (χ0n) is 10.7. The molecule has 0 atom stereocenters. The van der Waals surface area contributed by atoms with E-state index in [2.05, 4.69) is 64.1 Å². The molecule has 84 valence electrons. The average molecular weight is 212 g/mol. The zero-order valence-corrected chi connectivity index (χ0v) is 10.7. The minimum absolute atomic E-state index is 0.277. The summed E-state index contributed by atoms with van der Waals surface area (Å²) in [7, 11) is 0. The maximum atomic E-state index is 2.33. The smallest absolute Gasteiger partial charge is 0.0106 e. The molecular weight excluding hydrogens is 192 g/mol. The second-order valence-electron chi connectivity index (χ2n) is 5.30. The molecule has 2 aromatic carbocycles. The van der Waals surface area contributed by atoms with Crippen molar-refractivity contribution in [3.05, 3.63) is 47.5 Å². The van der Waals surface area contributed by atoms with E-state index >= 15 is 0 Å². The largest absolute Gasteiger partial charge is 0.0646 e. The molecular formula is C16H20. The Morgan fingerprint density at radius 1 is 0.938 bits per heavy atom. The molecule has 2 aromatic rings. The van der Waals surface area contributed by atoms with Crippen LogP contribution in [0.4, 0.5) is 0 Å². The molecule has 2 rings (SSSR count). The van der Waals surface area contributed by atoms with Crippen LogP contribution in [-0.2, 0) is 5.41 Å². The van der Waals surface area contributed by atoms with Crippen molar-refractivity contribution in [3.8, 4) is 0 Å². The first-order chi connectivity index (χ1) is 7.53. The lowest BCUT2D eigenvalue weighted by molar-refractivity contribution is 0.507. The standard InChI is InChI=1S/C16H20/c1-5-16(3,4)15-9-8-13-10-12(2)6-7-14(13)11-15/h6-11H,5H2,1-4H3. The fourth-order valence-corrected chi connectivity index (χ4v) is 1.99. The van der Waals surface area contributed by atoms with Crippen LogP contribution in [0.2, 0.25) is 0 Å². The van der Waals surface area contributed by atoms with Gasteiger partial charge >= 0.3 is 0 Å². The summed E-state index contributed by atoms with van der Waals surface area (Å²) in [5.41, 5.74) is 3.04. The predicted octanol–water partition coefficient (Wildman–Crippen LogP) is 4.84. The third kappa shape index (κ3) is 1.97. The maximum absolute atomic E-state index is 2.33. The van der Waals surface area contributed by atoms with E-state index in [0.29, 0.717) is 0 Å². The highest BCUT2D eigenvalue weighted by Crippen LogP contribution is 2.29. The van der Waals surface area contributed by atoms with Crippen molar-refractivity contribution in [2.45, 2.75) is 39.5 Å². The third-order valence-corrected chi connectivity index (χ3v) is 3.66. The molecule has 0 bridgehead atoms. The number of rotatable bonds is 2. The summed E-state index contributed by atoms with van der Waals surface area (Å²) in [6.45, 7) is 9.01. The van der Waals surface area contributed by atoms with Crippen LogP contribution in [0.25, 0.3) is 10.8 Å². The Morgan fingerprint density at radius 3 is 2.25 bits per heavy atom. The monoisotopic (exact) mass is 212 g/mol. The van der Waals surface area contributed by atoms with Gasteiger partial charge in [-0.15, -0.1) is 0 Å². The first-order valence-corrected chi connectivity index (χ1v) is 6.04. The molecule has 0 aliphatic rings. The number of fused-ring (bicyclic) bond motifs is 1. The van der Waals surface area contributed by atoms with Gasteiger partial charge in [-0.3, -0.25) is 0 Å². The van der Waals surface area contributed by atoms with Gasteiger partial charge in [0, 0.05) is 0 Å². The number of aryl methyl sites for hydroxylation is 1. The Kier molecular flexibility index (Phi) is 2.75. The fraction of sp³-hybridized carbons (Fsp3) is 0.375. The van der Waals surface area contributed by atoms with E-state index in [0.717, 1.165) is 0 Å². The minimum atomic E-state index is 0.277.